The van der Waals surface area contributed by atoms with Gasteiger partial charge in [-0.15, -0.1) is 4.40 Å². The van der Waals surface area contributed by atoms with Gasteiger partial charge in [-0.3, -0.25) is 10.1 Å². The lowest BCUT2D eigenvalue weighted by Crippen LogP contribution is -2.42. The second-order valence-electron chi connectivity index (χ2n) is 5.20. The van der Waals surface area contributed by atoms with Crippen LogP contribution in [-0.2, 0) is 20.9 Å². The van der Waals surface area contributed by atoms with Gasteiger partial charge in [0.15, 0.2) is 5.82 Å². The summed E-state index contributed by atoms with van der Waals surface area (Å²) in [5, 5.41) is 11.0. The highest BCUT2D eigenvalue weighted by atomic mass is 32.2. The van der Waals surface area contributed by atoms with Crippen molar-refractivity contribution >= 4 is 21.7 Å². The highest BCUT2D eigenvalue weighted by Crippen LogP contribution is 2.33. The average molecular weight is 429 g/mol. The second-order valence-corrected chi connectivity index (χ2v) is 6.85. The lowest BCUT2D eigenvalue weighted by atomic mass is 10.2. The first-order valence-electron chi connectivity index (χ1n) is 7.58. The predicted molar refractivity (Wildman–Crippen MR) is 92.0 cm³/mol. The van der Waals surface area contributed by atoms with Gasteiger partial charge in [0.1, 0.15) is 6.61 Å². The van der Waals surface area contributed by atoms with Gasteiger partial charge in [0.25, 0.3) is 16.6 Å². The average Bonchev–Trinajstić information content (AvgIpc) is 2.55. The molecule has 0 unspecified atom stereocenters. The number of aromatic nitrogens is 1. The number of rotatable bonds is 9. The molecule has 0 aliphatic heterocycles. The molecule has 0 radical (unpaired) electrons. The number of nitro groups is 1. The molecule has 0 amide bonds. The zero-order chi connectivity index (χ0) is 21.5. The number of hydrogen-bond donors (Lipinski definition) is 1. The van der Waals surface area contributed by atoms with Crippen LogP contribution in [0.2, 0.25) is 0 Å². The van der Waals surface area contributed by atoms with Crippen molar-refractivity contribution in [3.05, 3.63) is 27.8 Å². The minimum atomic E-state index is -4.81. The fourth-order valence-corrected chi connectivity index (χ4v) is 2.32. The molecule has 28 heavy (non-hydrogen) atoms. The molecule has 0 spiro atoms. The van der Waals surface area contributed by atoms with E-state index in [1.165, 1.54) is 0 Å². The van der Waals surface area contributed by atoms with Crippen LogP contribution < -0.4 is 15.6 Å². The third-order valence-electron chi connectivity index (χ3n) is 2.86. The quantitative estimate of drug-likeness (QED) is 0.150. The van der Waals surface area contributed by atoms with E-state index in [-0.39, 0.29) is 18.2 Å². The van der Waals surface area contributed by atoms with Gasteiger partial charge in [-0.2, -0.15) is 18.2 Å². The predicted octanol–water partition coefficient (Wildman–Crippen LogP) is 0.831. The van der Waals surface area contributed by atoms with E-state index in [1.54, 1.807) is 6.92 Å². The topological polar surface area (TPSA) is 150 Å². The van der Waals surface area contributed by atoms with E-state index in [0.717, 1.165) is 0 Å². The Labute approximate surface area is 158 Å². The van der Waals surface area contributed by atoms with E-state index < -0.39 is 50.8 Å². The molecule has 11 nitrogen and oxygen atoms in total. The lowest BCUT2D eigenvalue weighted by molar-refractivity contribution is -0.463. The monoisotopic (exact) mass is 429 g/mol. The smallest absolute Gasteiger partial charge is 0.416 e. The molecule has 0 fully saturated rings. The van der Waals surface area contributed by atoms with E-state index in [1.807, 2.05) is 0 Å². The number of anilines is 1. The van der Waals surface area contributed by atoms with Crippen molar-refractivity contribution in [2.75, 3.05) is 37.6 Å². The van der Waals surface area contributed by atoms with Gasteiger partial charge < -0.3 is 9.47 Å². The molecule has 0 atom stereocenters. The molecular weight excluding hydrogens is 411 g/mol. The van der Waals surface area contributed by atoms with Crippen LogP contribution in [0.4, 0.5) is 19.0 Å². The first kappa shape index (κ1) is 23.5. The van der Waals surface area contributed by atoms with Crippen LogP contribution in [0.15, 0.2) is 16.5 Å². The van der Waals surface area contributed by atoms with Crippen LogP contribution in [0.5, 0.6) is 5.88 Å². The number of nitrogens with zero attached hydrogens (tertiary/aromatic N) is 4. The molecule has 0 aliphatic carbocycles. The Morgan fingerprint density at radius 2 is 2.04 bits per heavy atom. The van der Waals surface area contributed by atoms with Gasteiger partial charge in [-0.05, 0) is 13.0 Å². The molecule has 158 valence electrons. The summed E-state index contributed by atoms with van der Waals surface area (Å²) in [6.07, 6.45) is -4.17. The van der Waals surface area contributed by atoms with Crippen LogP contribution in [0.25, 0.3) is 0 Å². The molecule has 2 N–H and O–H groups in total. The Kier molecular flexibility index (Phi) is 8.07. The normalized spacial score (nSPS) is 12.7. The highest BCUT2D eigenvalue weighted by Gasteiger charge is 2.33. The second kappa shape index (κ2) is 9.61. The number of amidine groups is 1. The van der Waals surface area contributed by atoms with Gasteiger partial charge in [0.05, 0.1) is 18.4 Å². The number of hydrogen-bond acceptors (Lipinski definition) is 8. The Morgan fingerprint density at radius 1 is 1.39 bits per heavy atom. The van der Waals surface area contributed by atoms with E-state index in [9.17, 15) is 31.7 Å². The van der Waals surface area contributed by atoms with Crippen molar-refractivity contribution in [1.29, 1.82) is 0 Å². The van der Waals surface area contributed by atoms with Crippen molar-refractivity contribution in [1.82, 2.24) is 4.98 Å². The van der Waals surface area contributed by atoms with Crippen molar-refractivity contribution in [2.45, 2.75) is 13.1 Å². The summed E-state index contributed by atoms with van der Waals surface area (Å²) in [5.74, 6) is 3.61. The Hall–Kier alpha value is -2.52. The van der Waals surface area contributed by atoms with Crippen molar-refractivity contribution < 1.29 is 36.0 Å². The van der Waals surface area contributed by atoms with E-state index in [2.05, 4.69) is 9.38 Å². The maximum Gasteiger partial charge on any atom is 0.416 e. The van der Waals surface area contributed by atoms with Gasteiger partial charge in [-0.25, -0.2) is 19.3 Å². The molecule has 0 saturated carbocycles. The molecule has 0 bridgehead atoms. The van der Waals surface area contributed by atoms with Gasteiger partial charge in [-0.1, -0.05) is 0 Å². The number of pyridine rings is 1. The minimum absolute atomic E-state index is 0.0816. The lowest BCUT2D eigenvalue weighted by Gasteiger charge is -2.19. The van der Waals surface area contributed by atoms with E-state index in [4.69, 9.17) is 15.3 Å². The summed E-state index contributed by atoms with van der Waals surface area (Å²) in [4.78, 5) is 13.5. The molecular formula is C13H18F3N5O6S. The maximum atomic E-state index is 13.1. The Bertz CT molecular complexity index is 830. The summed E-state index contributed by atoms with van der Waals surface area (Å²) in [7, 11) is -4.13. The fourth-order valence-electron chi connectivity index (χ4n) is 1.79. The first-order valence-corrected chi connectivity index (χ1v) is 9.43. The standard InChI is InChI=1S/C13H18F3N5O6S/c1-3-26-4-5-27-12-7-9(13(14,15)16)6-10(18-12)21(17)11(8-20(22)23)19-28(2,24)25/h6-7H,3-5,8,17H2,1-2H3. The molecule has 1 aromatic heterocycles. The molecule has 0 aliphatic rings. The largest absolute Gasteiger partial charge is 0.475 e. The third-order valence-corrected chi connectivity index (χ3v) is 3.41. The zero-order valence-electron chi connectivity index (χ0n) is 14.8. The van der Waals surface area contributed by atoms with Crippen LogP contribution in [0.1, 0.15) is 12.5 Å². The maximum absolute atomic E-state index is 13.1. The number of nitrogens with two attached hydrogens (primary N) is 1. The van der Waals surface area contributed by atoms with Gasteiger partial charge in [0, 0.05) is 17.6 Å². The highest BCUT2D eigenvalue weighted by molar-refractivity contribution is 7.89. The third kappa shape index (κ3) is 8.01. The fraction of sp³-hybridized carbons (Fsp3) is 0.538. The molecule has 0 aromatic carbocycles. The van der Waals surface area contributed by atoms with Gasteiger partial charge in [0.2, 0.25) is 11.7 Å². The Balaban J connectivity index is 3.34. The summed E-state index contributed by atoms with van der Waals surface area (Å²) >= 11 is 0. The summed E-state index contributed by atoms with van der Waals surface area (Å²) in [6, 6.07) is 1.08. The molecule has 0 saturated heterocycles. The zero-order valence-corrected chi connectivity index (χ0v) is 15.7. The summed E-state index contributed by atoms with van der Waals surface area (Å²) in [5.41, 5.74) is -1.21. The van der Waals surface area contributed by atoms with Crippen molar-refractivity contribution in [3.8, 4) is 5.88 Å². The van der Waals surface area contributed by atoms with E-state index >= 15 is 0 Å². The van der Waals surface area contributed by atoms with Crippen LogP contribution in [0.3, 0.4) is 0 Å². The molecule has 1 rings (SSSR count). The SMILES string of the molecule is CCOCCOc1cc(C(F)(F)F)cc(N(N)C(C[N+](=O)[O-])=NS(C)(=O)=O)n1. The van der Waals surface area contributed by atoms with Crippen LogP contribution in [0, 0.1) is 10.1 Å². The first-order chi connectivity index (χ1) is 12.8. The van der Waals surface area contributed by atoms with E-state index in [0.29, 0.717) is 25.0 Å². The number of halogens is 3. The molecule has 15 heteroatoms. The minimum Gasteiger partial charge on any atom is -0.475 e. The Morgan fingerprint density at radius 3 is 2.54 bits per heavy atom. The van der Waals surface area contributed by atoms with Crippen LogP contribution >= 0.6 is 0 Å². The molecule has 1 aromatic rings. The van der Waals surface area contributed by atoms with Crippen molar-refractivity contribution in [2.24, 2.45) is 10.2 Å². The molecule has 1 heterocycles. The van der Waals surface area contributed by atoms with Crippen molar-refractivity contribution in [3.63, 3.8) is 0 Å². The summed E-state index contributed by atoms with van der Waals surface area (Å²) < 4.78 is 75.2. The summed E-state index contributed by atoms with van der Waals surface area (Å²) in [6.45, 7) is 0.879. The number of ether oxygens (including phenoxy) is 2. The van der Waals surface area contributed by atoms with Crippen LogP contribution in [-0.4, -0.2) is 56.8 Å². The number of hydrazine groups is 1. The van der Waals surface area contributed by atoms with Gasteiger partial charge >= 0.3 is 6.18 Å². The number of sulfonamides is 1. The number of alkyl halides is 3.